The molecule has 5 heavy (non-hydrogen) atoms. The molecule has 0 saturated carbocycles. The second-order valence-corrected chi connectivity index (χ2v) is 0. The van der Waals surface area contributed by atoms with Crippen molar-refractivity contribution in [1.29, 1.82) is 0 Å². The maximum Gasteiger partial charge on any atom is 2.00 e. The molecule has 0 heterocycles. The molecule has 0 N–H and O–H groups in total. The Balaban J connectivity index is 0. The number of hydrogen-bond donors (Lipinski definition) is 0. The van der Waals surface area contributed by atoms with E-state index in [9.17, 15) is 0 Å². The maximum absolute atomic E-state index is 0. The van der Waals surface area contributed by atoms with Crippen LogP contribution in [0.3, 0.4) is 0 Å². The Labute approximate surface area is 61.9 Å². The third-order valence-electron chi connectivity index (χ3n) is 0. The van der Waals surface area contributed by atoms with Crippen LogP contribution in [0.15, 0.2) is 0 Å². The molecular formula is C3H9VW-. The summed E-state index contributed by atoms with van der Waals surface area (Å²) in [5.74, 6) is 0. The fraction of sp³-hybridized carbons (Fsp3) is 0. The Morgan fingerprint density at radius 3 is 0.600 bits per heavy atom. The van der Waals surface area contributed by atoms with Gasteiger partial charge in [-0.05, 0) is 0 Å². The first-order valence-corrected chi connectivity index (χ1v) is 0. The molecule has 0 nitrogen and oxygen atoms in total. The van der Waals surface area contributed by atoms with Crippen LogP contribution >= 0.6 is 0 Å². The topological polar surface area (TPSA) is 0 Å². The van der Waals surface area contributed by atoms with E-state index in [4.69, 9.17) is 0 Å². The molecule has 0 amide bonds. The van der Waals surface area contributed by atoms with Crippen molar-refractivity contribution in [1.82, 2.24) is 0 Å². The first kappa shape index (κ1) is 108. The summed E-state index contributed by atoms with van der Waals surface area (Å²) in [6.07, 6.45) is 0. The summed E-state index contributed by atoms with van der Waals surface area (Å²) in [6, 6.07) is 0. The van der Waals surface area contributed by atoms with Crippen LogP contribution < -0.4 is 0 Å². The van der Waals surface area contributed by atoms with Crippen molar-refractivity contribution in [2.45, 2.75) is 0 Å². The molecule has 0 bridgehead atoms. The Morgan fingerprint density at radius 1 is 0.600 bits per heavy atom. The van der Waals surface area contributed by atoms with E-state index in [2.05, 4.69) is 0 Å². The van der Waals surface area contributed by atoms with E-state index in [1.165, 1.54) is 0 Å². The molecule has 2 heteroatoms. The first-order valence-electron chi connectivity index (χ1n) is 0. The van der Waals surface area contributed by atoms with Gasteiger partial charge in [0.05, 0.1) is 0 Å². The summed E-state index contributed by atoms with van der Waals surface area (Å²) in [5, 5.41) is 0. The van der Waals surface area contributed by atoms with Gasteiger partial charge in [0, 0.05) is 21.1 Å². The minimum Gasteiger partial charge on any atom is -0.358 e. The molecule has 0 rings (SSSR count). The molecule has 0 aliphatic rings. The summed E-state index contributed by atoms with van der Waals surface area (Å²) in [6.45, 7) is 0. The molecular weight excluding hydrogens is 271 g/mol. The van der Waals surface area contributed by atoms with Crippen molar-refractivity contribution >= 4 is 0 Å². The molecule has 0 fully saturated rings. The van der Waals surface area contributed by atoms with Gasteiger partial charge in [0.15, 0.2) is 0 Å². The fourth-order valence-electron chi connectivity index (χ4n) is 0. The maximum atomic E-state index is 0. The van der Waals surface area contributed by atoms with Crippen molar-refractivity contribution in [2.24, 2.45) is 0 Å². The summed E-state index contributed by atoms with van der Waals surface area (Å²) in [7, 11) is 0. The monoisotopic (exact) mass is 280 g/mol. The van der Waals surface area contributed by atoms with Gasteiger partial charge >= 0.3 is 18.6 Å². The van der Waals surface area contributed by atoms with Gasteiger partial charge in [-0.3, -0.25) is 0 Å². The van der Waals surface area contributed by atoms with Gasteiger partial charge in [0.25, 0.3) is 0 Å². The molecule has 0 aliphatic carbocycles. The Hall–Kier alpha value is 1.27. The molecule has 0 aromatic heterocycles. The van der Waals surface area contributed by atoms with Crippen LogP contribution in [0.1, 0.15) is 0 Å². The van der Waals surface area contributed by atoms with Crippen LogP contribution in [0.25, 0.3) is 0 Å². The second kappa shape index (κ2) is 59.4. The standard InChI is InChI=1S/3CH3.V.W/h3*1H3;;/q3*-1;+2;. The zero-order valence-electron chi connectivity index (χ0n) is 3.86. The van der Waals surface area contributed by atoms with Crippen LogP contribution in [0.4, 0.5) is 0 Å². The molecule has 33 valence electrons. The largest absolute Gasteiger partial charge is 2.00 e. The van der Waals surface area contributed by atoms with Crippen molar-refractivity contribution < 1.29 is 39.6 Å². The average molecular weight is 280 g/mol. The smallest absolute Gasteiger partial charge is 0.358 e. The second-order valence-electron chi connectivity index (χ2n) is 0. The van der Waals surface area contributed by atoms with Gasteiger partial charge in [-0.1, -0.05) is 0 Å². The average Bonchev–Trinajstić information content (AvgIpc) is 0. The van der Waals surface area contributed by atoms with Crippen LogP contribution in [0.2, 0.25) is 0 Å². The van der Waals surface area contributed by atoms with E-state index in [0.29, 0.717) is 0 Å². The van der Waals surface area contributed by atoms with Gasteiger partial charge in [0.1, 0.15) is 0 Å². The SMILES string of the molecule is [CH3-].[CH3-].[CH3-].[V+2].[W]. The number of hydrogen-bond acceptors (Lipinski definition) is 0. The Kier molecular flexibility index (Phi) is 1280. The van der Waals surface area contributed by atoms with Crippen molar-refractivity contribution in [3.63, 3.8) is 0 Å². The normalized spacial score (nSPS) is 0. The summed E-state index contributed by atoms with van der Waals surface area (Å²) < 4.78 is 0. The third-order valence-corrected chi connectivity index (χ3v) is 0. The van der Waals surface area contributed by atoms with Gasteiger partial charge < -0.3 is 22.3 Å². The molecule has 0 aromatic rings. The van der Waals surface area contributed by atoms with E-state index in [1.807, 2.05) is 0 Å². The molecule has 0 spiro atoms. The molecule has 0 aliphatic heterocycles. The Bertz CT molecular complexity index is 6.85. The minimum atomic E-state index is 0. The summed E-state index contributed by atoms with van der Waals surface area (Å²) in [4.78, 5) is 0. The van der Waals surface area contributed by atoms with E-state index in [0.717, 1.165) is 0 Å². The van der Waals surface area contributed by atoms with Crippen LogP contribution in [-0.2, 0) is 39.6 Å². The van der Waals surface area contributed by atoms with Crippen LogP contribution in [0, 0.1) is 22.3 Å². The number of rotatable bonds is 0. The van der Waals surface area contributed by atoms with Crippen molar-refractivity contribution in [2.75, 3.05) is 0 Å². The molecule has 0 saturated heterocycles. The molecule has 1 radical (unpaired) electrons. The summed E-state index contributed by atoms with van der Waals surface area (Å²) >= 11 is 0. The van der Waals surface area contributed by atoms with Gasteiger partial charge in [0.2, 0.25) is 0 Å². The third kappa shape index (κ3) is 34.9. The van der Waals surface area contributed by atoms with Gasteiger partial charge in [-0.2, -0.15) is 0 Å². The van der Waals surface area contributed by atoms with E-state index in [1.54, 1.807) is 0 Å². The first-order chi connectivity index (χ1) is 0. The van der Waals surface area contributed by atoms with Crippen LogP contribution in [-0.4, -0.2) is 0 Å². The minimum absolute atomic E-state index is 0. The molecule has 0 aromatic carbocycles. The quantitative estimate of drug-likeness (QED) is 0.587. The van der Waals surface area contributed by atoms with E-state index in [-0.39, 0.29) is 61.9 Å². The molecule has 0 atom stereocenters. The predicted molar refractivity (Wildman–Crippen MR) is 19.2 cm³/mol. The van der Waals surface area contributed by atoms with Crippen molar-refractivity contribution in [3.8, 4) is 0 Å². The van der Waals surface area contributed by atoms with E-state index < -0.39 is 0 Å². The van der Waals surface area contributed by atoms with Crippen molar-refractivity contribution in [3.05, 3.63) is 22.3 Å². The van der Waals surface area contributed by atoms with Crippen LogP contribution in [0.5, 0.6) is 0 Å². The Morgan fingerprint density at radius 2 is 0.600 bits per heavy atom. The fourth-order valence-corrected chi connectivity index (χ4v) is 0. The predicted octanol–water partition coefficient (Wildman–Crippen LogP) is 1.35. The zero-order chi connectivity index (χ0) is 0. The van der Waals surface area contributed by atoms with Gasteiger partial charge in [-0.25, -0.2) is 0 Å². The van der Waals surface area contributed by atoms with E-state index >= 15 is 0 Å². The van der Waals surface area contributed by atoms with Gasteiger partial charge in [-0.15, -0.1) is 0 Å². The zero-order valence-corrected chi connectivity index (χ0v) is 8.19. The summed E-state index contributed by atoms with van der Waals surface area (Å²) in [5.41, 5.74) is 0. The molecule has 0 unspecified atom stereocenters.